The highest BCUT2D eigenvalue weighted by Gasteiger charge is 2.35. The average Bonchev–Trinajstić information content (AvgIpc) is 2.94. The van der Waals surface area contributed by atoms with Crippen LogP contribution in [0.2, 0.25) is 0 Å². The van der Waals surface area contributed by atoms with E-state index in [2.05, 4.69) is 26.3 Å². The number of alkyl halides is 3. The van der Waals surface area contributed by atoms with Gasteiger partial charge in [-0.05, 0) is 35.0 Å². The number of aryl methyl sites for hydroxylation is 1. The molecule has 0 aliphatic rings. The molecule has 1 aromatic carbocycles. The van der Waals surface area contributed by atoms with E-state index in [0.29, 0.717) is 4.68 Å². The highest BCUT2D eigenvalue weighted by Crippen LogP contribution is 2.29. The van der Waals surface area contributed by atoms with E-state index in [9.17, 15) is 36.7 Å². The van der Waals surface area contributed by atoms with E-state index in [0.717, 1.165) is 23.7 Å². The quantitative estimate of drug-likeness (QED) is 0.517. The summed E-state index contributed by atoms with van der Waals surface area (Å²) in [5, 5.41) is 6.02. The second-order valence-corrected chi connectivity index (χ2v) is 7.41. The molecule has 0 unspecified atom stereocenters. The van der Waals surface area contributed by atoms with E-state index < -0.39 is 46.3 Å². The molecule has 0 fully saturated rings. The number of amides is 1. The van der Waals surface area contributed by atoms with Gasteiger partial charge in [0.15, 0.2) is 0 Å². The first kappa shape index (κ1) is 23.2. The van der Waals surface area contributed by atoms with Crippen molar-refractivity contribution in [1.82, 2.24) is 23.5 Å². The van der Waals surface area contributed by atoms with Gasteiger partial charge in [0.25, 0.3) is 5.56 Å². The summed E-state index contributed by atoms with van der Waals surface area (Å²) in [6, 6.07) is 0.761. The highest BCUT2D eigenvalue weighted by atomic mass is 79.9. The van der Waals surface area contributed by atoms with Crippen molar-refractivity contribution >= 4 is 27.6 Å². The smallest absolute Gasteiger partial charge is 0.305 e. The van der Waals surface area contributed by atoms with E-state index in [1.54, 1.807) is 0 Å². The molecule has 0 spiro atoms. The molecule has 1 amide bonds. The van der Waals surface area contributed by atoms with Crippen LogP contribution in [-0.2, 0) is 20.3 Å². The molecule has 32 heavy (non-hydrogen) atoms. The SMILES string of the molecule is Cc1nn(C(=O)Nc2cc(-n3c(=O)cc(C(F)(F)F)n(C)c3=O)c(F)cc2Br)c(=O)n1C. The average molecular weight is 521 g/mol. The minimum absolute atomic E-state index is 0.0374. The predicted octanol–water partition coefficient (Wildman–Crippen LogP) is 1.74. The van der Waals surface area contributed by atoms with E-state index in [1.807, 2.05) is 0 Å². The van der Waals surface area contributed by atoms with Crippen LogP contribution in [0.5, 0.6) is 0 Å². The molecular formula is C17H13BrF4N6O4. The summed E-state index contributed by atoms with van der Waals surface area (Å²) in [6.45, 7) is 1.48. The molecule has 0 bridgehead atoms. The molecule has 1 N–H and O–H groups in total. The minimum Gasteiger partial charge on any atom is -0.305 e. The van der Waals surface area contributed by atoms with Gasteiger partial charge in [-0.1, -0.05) is 0 Å². The third-order valence-corrected chi connectivity index (χ3v) is 5.18. The number of anilines is 1. The van der Waals surface area contributed by atoms with Crippen LogP contribution >= 0.6 is 15.9 Å². The fraction of sp³-hybridized carbons (Fsp3) is 0.235. The Balaban J connectivity index is 2.14. The summed E-state index contributed by atoms with van der Waals surface area (Å²) in [7, 11) is 2.16. The van der Waals surface area contributed by atoms with Crippen LogP contribution in [0.1, 0.15) is 11.5 Å². The standard InChI is InChI=1S/C17H13BrF4N6O4/c1-7-24-28(16(32)25(7)2)14(30)23-10-5-11(9(19)4-8(10)18)27-13(29)6-12(17(20,21)22)26(3)15(27)31/h4-6H,1-3H3,(H,23,30). The molecule has 0 saturated carbocycles. The molecule has 0 aliphatic heterocycles. The molecule has 0 radical (unpaired) electrons. The van der Waals surface area contributed by atoms with Gasteiger partial charge in [0, 0.05) is 24.6 Å². The molecule has 10 nitrogen and oxygen atoms in total. The van der Waals surface area contributed by atoms with Gasteiger partial charge in [0.05, 0.1) is 11.4 Å². The number of nitrogens with zero attached hydrogens (tertiary/aromatic N) is 5. The van der Waals surface area contributed by atoms with Crippen molar-refractivity contribution in [3.63, 3.8) is 0 Å². The largest absolute Gasteiger partial charge is 0.431 e. The van der Waals surface area contributed by atoms with Gasteiger partial charge in [0.2, 0.25) is 0 Å². The van der Waals surface area contributed by atoms with Crippen LogP contribution in [0.3, 0.4) is 0 Å². The molecule has 0 saturated heterocycles. The van der Waals surface area contributed by atoms with Gasteiger partial charge in [-0.3, -0.25) is 13.9 Å². The van der Waals surface area contributed by atoms with Crippen molar-refractivity contribution < 1.29 is 22.4 Å². The molecule has 0 aliphatic carbocycles. The van der Waals surface area contributed by atoms with Gasteiger partial charge in [-0.2, -0.15) is 13.2 Å². The Morgan fingerprint density at radius 1 is 1.06 bits per heavy atom. The van der Waals surface area contributed by atoms with Crippen molar-refractivity contribution in [2.75, 3.05) is 5.32 Å². The summed E-state index contributed by atoms with van der Waals surface area (Å²) in [6.07, 6.45) is -4.99. The summed E-state index contributed by atoms with van der Waals surface area (Å²) in [5.74, 6) is -0.913. The van der Waals surface area contributed by atoms with Crippen molar-refractivity contribution in [3.05, 3.63) is 71.3 Å². The lowest BCUT2D eigenvalue weighted by Gasteiger charge is -2.15. The van der Waals surface area contributed by atoms with Crippen molar-refractivity contribution in [2.24, 2.45) is 14.1 Å². The number of benzene rings is 1. The lowest BCUT2D eigenvalue weighted by molar-refractivity contribution is -0.144. The number of hydrogen-bond donors (Lipinski definition) is 1. The Bertz CT molecular complexity index is 1430. The molecule has 2 aromatic heterocycles. The van der Waals surface area contributed by atoms with E-state index in [4.69, 9.17) is 0 Å². The Kier molecular flexibility index (Phi) is 5.71. The Labute approximate surface area is 183 Å². The van der Waals surface area contributed by atoms with Gasteiger partial charge in [0.1, 0.15) is 17.3 Å². The van der Waals surface area contributed by atoms with Crippen LogP contribution in [0, 0.1) is 12.7 Å². The first-order valence-electron chi connectivity index (χ1n) is 8.57. The Morgan fingerprint density at radius 2 is 1.69 bits per heavy atom. The maximum atomic E-state index is 14.6. The molecule has 3 rings (SSSR count). The zero-order valence-corrected chi connectivity index (χ0v) is 18.1. The number of rotatable bonds is 2. The molecular weight excluding hydrogens is 508 g/mol. The molecule has 2 heterocycles. The third-order valence-electron chi connectivity index (χ3n) is 4.52. The lowest BCUT2D eigenvalue weighted by Crippen LogP contribution is -2.41. The van der Waals surface area contributed by atoms with E-state index in [-0.39, 0.29) is 31.2 Å². The minimum atomic E-state index is -4.99. The fourth-order valence-electron chi connectivity index (χ4n) is 2.76. The predicted molar refractivity (Wildman–Crippen MR) is 107 cm³/mol. The second kappa shape index (κ2) is 7.89. The fourth-order valence-corrected chi connectivity index (χ4v) is 3.17. The molecule has 0 atom stereocenters. The van der Waals surface area contributed by atoms with Crippen LogP contribution < -0.4 is 22.3 Å². The number of aromatic nitrogens is 5. The van der Waals surface area contributed by atoms with Gasteiger partial charge in [-0.15, -0.1) is 9.78 Å². The highest BCUT2D eigenvalue weighted by molar-refractivity contribution is 9.10. The number of carbonyl (C=O) groups excluding carboxylic acids is 1. The van der Waals surface area contributed by atoms with Crippen LogP contribution in [0.25, 0.3) is 5.69 Å². The number of hydrogen-bond acceptors (Lipinski definition) is 5. The lowest BCUT2D eigenvalue weighted by atomic mass is 10.2. The monoisotopic (exact) mass is 520 g/mol. The summed E-state index contributed by atoms with van der Waals surface area (Å²) < 4.78 is 55.6. The first-order valence-corrected chi connectivity index (χ1v) is 9.37. The van der Waals surface area contributed by atoms with Gasteiger partial charge < -0.3 is 5.32 Å². The van der Waals surface area contributed by atoms with Crippen LogP contribution in [-0.4, -0.2) is 29.5 Å². The van der Waals surface area contributed by atoms with Crippen molar-refractivity contribution in [2.45, 2.75) is 13.1 Å². The second-order valence-electron chi connectivity index (χ2n) is 6.56. The summed E-state index contributed by atoms with van der Waals surface area (Å²) in [5.41, 5.74) is -6.08. The van der Waals surface area contributed by atoms with E-state index in [1.165, 1.54) is 14.0 Å². The van der Waals surface area contributed by atoms with Crippen molar-refractivity contribution in [3.8, 4) is 5.69 Å². The first-order chi connectivity index (χ1) is 14.7. The normalized spacial score (nSPS) is 11.6. The molecule has 170 valence electrons. The zero-order chi connectivity index (χ0) is 24.1. The third kappa shape index (κ3) is 3.90. The Morgan fingerprint density at radius 3 is 2.22 bits per heavy atom. The number of halogens is 5. The van der Waals surface area contributed by atoms with Gasteiger partial charge in [-0.25, -0.2) is 23.3 Å². The van der Waals surface area contributed by atoms with Crippen molar-refractivity contribution in [1.29, 1.82) is 0 Å². The van der Waals surface area contributed by atoms with Crippen LogP contribution in [0.4, 0.5) is 28.0 Å². The van der Waals surface area contributed by atoms with Crippen LogP contribution in [0.15, 0.2) is 37.1 Å². The number of nitrogens with one attached hydrogen (secondary N) is 1. The van der Waals surface area contributed by atoms with Gasteiger partial charge >= 0.3 is 23.6 Å². The summed E-state index contributed by atoms with van der Waals surface area (Å²) in [4.78, 5) is 49.2. The maximum Gasteiger partial charge on any atom is 0.431 e. The number of carbonyl (C=O) groups is 1. The molecule has 3 aromatic rings. The zero-order valence-electron chi connectivity index (χ0n) is 16.5. The topological polar surface area (TPSA) is 113 Å². The maximum absolute atomic E-state index is 14.6. The van der Waals surface area contributed by atoms with E-state index >= 15 is 0 Å². The molecule has 15 heteroatoms. The summed E-state index contributed by atoms with van der Waals surface area (Å²) >= 11 is 3.00. The Hall–Kier alpha value is -3.49.